The number of amides is 1. The molecule has 1 aliphatic carbocycles. The largest absolute Gasteiger partial charge is 0.453 e. The molecule has 1 heterocycles. The van der Waals surface area contributed by atoms with Crippen molar-refractivity contribution in [2.75, 3.05) is 13.7 Å². The Bertz CT molecular complexity index is 300. The third-order valence-electron chi connectivity index (χ3n) is 4.05. The molecule has 0 aromatic heterocycles. The lowest BCUT2D eigenvalue weighted by Crippen LogP contribution is -2.73. The molecule has 0 saturated carbocycles. The van der Waals surface area contributed by atoms with Gasteiger partial charge in [-0.1, -0.05) is 19.1 Å². The van der Waals surface area contributed by atoms with Gasteiger partial charge < -0.3 is 9.64 Å². The summed E-state index contributed by atoms with van der Waals surface area (Å²) >= 11 is 0. The maximum atomic E-state index is 11.5. The second-order valence-corrected chi connectivity index (χ2v) is 4.77. The van der Waals surface area contributed by atoms with Gasteiger partial charge in [0.25, 0.3) is 0 Å². The van der Waals surface area contributed by atoms with Crippen LogP contribution in [0, 0.1) is 5.41 Å². The highest BCUT2D eigenvalue weighted by Crippen LogP contribution is 2.53. The number of fused-ring (bicyclic) bond motifs is 1. The molecule has 3 heteroatoms. The molecule has 2 unspecified atom stereocenters. The summed E-state index contributed by atoms with van der Waals surface area (Å²) in [5, 5.41) is 0. The number of carbonyl (C=O) groups excluding carboxylic acids is 1. The summed E-state index contributed by atoms with van der Waals surface area (Å²) in [5.41, 5.74) is 0.213. The van der Waals surface area contributed by atoms with E-state index in [1.165, 1.54) is 7.11 Å². The van der Waals surface area contributed by atoms with E-state index < -0.39 is 0 Å². The lowest BCUT2D eigenvalue weighted by molar-refractivity contribution is -0.120. The Morgan fingerprint density at radius 2 is 2.00 bits per heavy atom. The van der Waals surface area contributed by atoms with Gasteiger partial charge >= 0.3 is 6.09 Å². The number of hydrogen-bond acceptors (Lipinski definition) is 2. The number of likely N-dealkylation sites (tertiary alicyclic amines) is 1. The van der Waals surface area contributed by atoms with Crippen molar-refractivity contribution in [2.24, 2.45) is 5.41 Å². The van der Waals surface area contributed by atoms with Crippen LogP contribution in [0.5, 0.6) is 0 Å². The highest BCUT2D eigenvalue weighted by atomic mass is 16.5. The summed E-state index contributed by atoms with van der Waals surface area (Å²) in [6.45, 7) is 5.22. The molecule has 2 aliphatic rings. The quantitative estimate of drug-likeness (QED) is 0.554. The first-order valence-electron chi connectivity index (χ1n) is 5.04. The molecule has 2 atom stereocenters. The molecular formula is C11H17NO2. The summed E-state index contributed by atoms with van der Waals surface area (Å²) in [5.74, 6) is 0. The first kappa shape index (κ1) is 9.56. The predicted octanol–water partition coefficient (Wildman–Crippen LogP) is 2.18. The van der Waals surface area contributed by atoms with E-state index >= 15 is 0 Å². The van der Waals surface area contributed by atoms with Crippen molar-refractivity contribution < 1.29 is 9.53 Å². The molecule has 14 heavy (non-hydrogen) atoms. The number of allylic oxidation sites excluding steroid dienone is 1. The number of ether oxygens (including phenoxy) is 1. The second kappa shape index (κ2) is 2.75. The molecule has 1 amide bonds. The van der Waals surface area contributed by atoms with Crippen molar-refractivity contribution in [1.29, 1.82) is 0 Å². The van der Waals surface area contributed by atoms with Crippen LogP contribution >= 0.6 is 0 Å². The van der Waals surface area contributed by atoms with Crippen LogP contribution in [0.2, 0.25) is 0 Å². The molecule has 3 nitrogen and oxygen atoms in total. The lowest BCUT2D eigenvalue weighted by atomic mass is 9.58. The number of hydrogen-bond donors (Lipinski definition) is 0. The fraction of sp³-hybridized carbons (Fsp3) is 0.727. The van der Waals surface area contributed by atoms with Gasteiger partial charge in [-0.05, 0) is 19.8 Å². The Morgan fingerprint density at radius 1 is 1.36 bits per heavy atom. The van der Waals surface area contributed by atoms with Gasteiger partial charge in [0.1, 0.15) is 0 Å². The van der Waals surface area contributed by atoms with E-state index in [2.05, 4.69) is 26.0 Å². The third-order valence-corrected chi connectivity index (χ3v) is 4.05. The second-order valence-electron chi connectivity index (χ2n) is 4.77. The first-order chi connectivity index (χ1) is 6.53. The van der Waals surface area contributed by atoms with E-state index in [-0.39, 0.29) is 17.0 Å². The number of nitrogens with zero attached hydrogens (tertiary/aromatic N) is 1. The van der Waals surface area contributed by atoms with Gasteiger partial charge in [-0.2, -0.15) is 0 Å². The van der Waals surface area contributed by atoms with Crippen LogP contribution < -0.4 is 0 Å². The maximum absolute atomic E-state index is 11.5. The van der Waals surface area contributed by atoms with Crippen LogP contribution in [0.4, 0.5) is 4.79 Å². The molecular weight excluding hydrogens is 178 g/mol. The number of methoxy groups -OCH3 is 1. The molecule has 0 radical (unpaired) electrons. The smallest absolute Gasteiger partial charge is 0.409 e. The van der Waals surface area contributed by atoms with Crippen molar-refractivity contribution >= 4 is 6.09 Å². The van der Waals surface area contributed by atoms with Crippen LogP contribution in [0.15, 0.2) is 12.2 Å². The minimum Gasteiger partial charge on any atom is -0.453 e. The highest BCUT2D eigenvalue weighted by Gasteiger charge is 2.60. The topological polar surface area (TPSA) is 29.5 Å². The standard InChI is InChI=1S/C11H17NO2/c1-10-6-4-5-7-11(10,2)12(8-10)9(13)14-3/h4-5H,6-8H2,1-3H3. The van der Waals surface area contributed by atoms with Crippen molar-refractivity contribution in [3.63, 3.8) is 0 Å². The van der Waals surface area contributed by atoms with Crippen LogP contribution in [-0.2, 0) is 4.74 Å². The molecule has 1 fully saturated rings. The molecule has 0 spiro atoms. The van der Waals surface area contributed by atoms with Crippen molar-refractivity contribution in [3.05, 3.63) is 12.2 Å². The van der Waals surface area contributed by atoms with Gasteiger partial charge in [0, 0.05) is 12.0 Å². The molecule has 0 aromatic rings. The highest BCUT2D eigenvalue weighted by molar-refractivity contribution is 5.70. The molecule has 1 aliphatic heterocycles. The van der Waals surface area contributed by atoms with Crippen molar-refractivity contribution in [3.8, 4) is 0 Å². The van der Waals surface area contributed by atoms with Crippen molar-refractivity contribution in [2.45, 2.75) is 32.2 Å². The zero-order chi connectivity index (χ0) is 10.4. The predicted molar refractivity (Wildman–Crippen MR) is 54.0 cm³/mol. The lowest BCUT2D eigenvalue weighted by Gasteiger charge is -2.64. The minimum atomic E-state index is -0.194. The summed E-state index contributed by atoms with van der Waals surface area (Å²) in [4.78, 5) is 13.3. The average molecular weight is 195 g/mol. The van der Waals surface area contributed by atoms with Gasteiger partial charge in [0.2, 0.25) is 0 Å². The summed E-state index contributed by atoms with van der Waals surface area (Å²) in [6, 6.07) is 0. The molecule has 0 bridgehead atoms. The zero-order valence-corrected chi connectivity index (χ0v) is 9.04. The van der Waals surface area contributed by atoms with Crippen LogP contribution in [0.1, 0.15) is 26.7 Å². The fourth-order valence-electron chi connectivity index (χ4n) is 2.60. The Hall–Kier alpha value is -0.990. The van der Waals surface area contributed by atoms with Crippen LogP contribution in [-0.4, -0.2) is 30.2 Å². The molecule has 78 valence electrons. The zero-order valence-electron chi connectivity index (χ0n) is 9.04. The Balaban J connectivity index is 2.22. The minimum absolute atomic E-state index is 0.0329. The Kier molecular flexibility index (Phi) is 1.88. The number of carbonyl (C=O) groups is 1. The van der Waals surface area contributed by atoms with Crippen LogP contribution in [0.25, 0.3) is 0 Å². The van der Waals surface area contributed by atoms with Gasteiger partial charge in [-0.15, -0.1) is 0 Å². The van der Waals surface area contributed by atoms with Crippen molar-refractivity contribution in [1.82, 2.24) is 4.90 Å². The normalized spacial score (nSPS) is 40.1. The van der Waals surface area contributed by atoms with E-state index in [9.17, 15) is 4.79 Å². The van der Waals surface area contributed by atoms with Crippen LogP contribution in [0.3, 0.4) is 0 Å². The average Bonchev–Trinajstić information content (AvgIpc) is 2.17. The number of rotatable bonds is 0. The van der Waals surface area contributed by atoms with E-state index in [1.54, 1.807) is 0 Å². The first-order valence-corrected chi connectivity index (χ1v) is 5.04. The Labute approximate surface area is 84.7 Å². The fourth-order valence-corrected chi connectivity index (χ4v) is 2.60. The molecule has 2 rings (SSSR count). The monoisotopic (exact) mass is 195 g/mol. The maximum Gasteiger partial charge on any atom is 0.409 e. The van der Waals surface area contributed by atoms with Gasteiger partial charge in [0.15, 0.2) is 0 Å². The summed E-state index contributed by atoms with van der Waals surface area (Å²) < 4.78 is 4.78. The van der Waals surface area contributed by atoms with E-state index in [0.717, 1.165) is 19.4 Å². The van der Waals surface area contributed by atoms with E-state index in [4.69, 9.17) is 4.74 Å². The van der Waals surface area contributed by atoms with Gasteiger partial charge in [0.05, 0.1) is 12.6 Å². The van der Waals surface area contributed by atoms with Gasteiger partial charge in [-0.25, -0.2) is 4.79 Å². The molecule has 1 saturated heterocycles. The van der Waals surface area contributed by atoms with Gasteiger partial charge in [-0.3, -0.25) is 0 Å². The van der Waals surface area contributed by atoms with E-state index in [0.29, 0.717) is 0 Å². The summed E-state index contributed by atoms with van der Waals surface area (Å²) in [6.07, 6.45) is 6.20. The molecule has 0 aromatic carbocycles. The third kappa shape index (κ3) is 0.954. The summed E-state index contributed by atoms with van der Waals surface area (Å²) in [7, 11) is 1.44. The molecule has 0 N–H and O–H groups in total. The Morgan fingerprint density at radius 3 is 2.57 bits per heavy atom. The SMILES string of the molecule is COC(=O)N1CC2(C)CC=CCC12C. The van der Waals surface area contributed by atoms with E-state index in [1.807, 2.05) is 4.90 Å².